The molecular weight excluding hydrogens is 486 g/mol. The number of para-hydroxylation sites is 4. The molecule has 0 amide bonds. The minimum absolute atomic E-state index is 0. The number of rotatable bonds is 2. The predicted molar refractivity (Wildman–Crippen MR) is 138 cm³/mol. The van der Waals surface area contributed by atoms with Crippen LogP contribution in [0.3, 0.4) is 0 Å². The second-order valence-electron chi connectivity index (χ2n) is 7.81. The van der Waals surface area contributed by atoms with Crippen LogP contribution in [0, 0.1) is 0 Å². The van der Waals surface area contributed by atoms with Gasteiger partial charge in [0, 0.05) is 41.4 Å². The van der Waals surface area contributed by atoms with Crippen molar-refractivity contribution in [1.82, 2.24) is 9.97 Å². The van der Waals surface area contributed by atoms with Gasteiger partial charge in [0.15, 0.2) is 0 Å². The summed E-state index contributed by atoms with van der Waals surface area (Å²) < 4.78 is 0. The van der Waals surface area contributed by atoms with E-state index in [1.54, 1.807) is 24.3 Å². The Kier molecular flexibility index (Phi) is 7.49. The van der Waals surface area contributed by atoms with Crippen LogP contribution >= 0.6 is 0 Å². The van der Waals surface area contributed by atoms with Gasteiger partial charge in [-0.05, 0) is 48.5 Å². The molecule has 0 aliphatic rings. The number of fused-ring (bicyclic) bond motifs is 2. The number of pyridine rings is 2. The molecule has 0 bridgehead atoms. The van der Waals surface area contributed by atoms with Crippen LogP contribution < -0.4 is 0 Å². The Labute approximate surface area is 216 Å². The molecule has 6 aromatic rings. The van der Waals surface area contributed by atoms with Crippen molar-refractivity contribution < 1.29 is 29.7 Å². The maximum absolute atomic E-state index is 9.80. The van der Waals surface area contributed by atoms with Crippen LogP contribution in [-0.4, -0.2) is 20.2 Å². The van der Waals surface area contributed by atoms with E-state index >= 15 is 0 Å². The predicted octanol–water partition coefficient (Wildman–Crippen LogP) is 7.21. The van der Waals surface area contributed by atoms with E-state index in [2.05, 4.69) is 9.97 Å². The van der Waals surface area contributed by atoms with Gasteiger partial charge in [0.2, 0.25) is 0 Å². The molecule has 5 heteroatoms. The van der Waals surface area contributed by atoms with Crippen molar-refractivity contribution in [2.75, 3.05) is 0 Å². The minimum atomic E-state index is 0. The van der Waals surface area contributed by atoms with Crippen molar-refractivity contribution >= 4 is 21.8 Å². The average molecular weight is 508 g/mol. The summed E-state index contributed by atoms with van der Waals surface area (Å²) >= 11 is 0. The monoisotopic (exact) mass is 506 g/mol. The number of hydrogen-bond donors (Lipinski definition) is 2. The molecular formula is C30H22N2O2Zn. The molecule has 0 atom stereocenters. The molecule has 2 aromatic heterocycles. The van der Waals surface area contributed by atoms with Gasteiger partial charge in [-0.25, -0.2) is 9.97 Å². The fraction of sp³-hybridized carbons (Fsp3) is 0. The summed E-state index contributed by atoms with van der Waals surface area (Å²) in [4.78, 5) is 9.09. The van der Waals surface area contributed by atoms with Crippen molar-refractivity contribution in [3.63, 3.8) is 0 Å². The summed E-state index contributed by atoms with van der Waals surface area (Å²) in [5.74, 6) is 0.519. The Morgan fingerprint density at radius 3 is 1.20 bits per heavy atom. The van der Waals surface area contributed by atoms with Gasteiger partial charge in [-0.3, -0.25) is 0 Å². The van der Waals surface area contributed by atoms with Crippen molar-refractivity contribution in [3.05, 3.63) is 121 Å². The molecule has 4 aromatic carbocycles. The maximum atomic E-state index is 9.80. The molecule has 2 heterocycles. The van der Waals surface area contributed by atoms with Crippen LogP contribution in [0.5, 0.6) is 11.5 Å². The number of phenols is 2. The van der Waals surface area contributed by atoms with Crippen molar-refractivity contribution in [1.29, 1.82) is 0 Å². The van der Waals surface area contributed by atoms with E-state index in [9.17, 15) is 10.2 Å². The van der Waals surface area contributed by atoms with Crippen molar-refractivity contribution in [2.45, 2.75) is 0 Å². The molecule has 0 aliphatic carbocycles. The molecule has 6 rings (SSSR count). The van der Waals surface area contributed by atoms with Crippen LogP contribution in [-0.2, 0) is 19.5 Å². The summed E-state index contributed by atoms with van der Waals surface area (Å²) in [6.07, 6.45) is 0. The third kappa shape index (κ3) is 5.37. The quantitative estimate of drug-likeness (QED) is 0.243. The minimum Gasteiger partial charge on any atom is -0.507 e. The van der Waals surface area contributed by atoms with Gasteiger partial charge in [-0.2, -0.15) is 0 Å². The largest absolute Gasteiger partial charge is 0.507 e. The molecule has 0 saturated carbocycles. The topological polar surface area (TPSA) is 66.2 Å². The first kappa shape index (κ1) is 24.1. The number of nitrogens with zero attached hydrogens (tertiary/aromatic N) is 2. The fourth-order valence-corrected chi connectivity index (χ4v) is 3.81. The number of aromatic hydroxyl groups is 2. The van der Waals surface area contributed by atoms with E-state index in [1.165, 1.54) is 0 Å². The summed E-state index contributed by atoms with van der Waals surface area (Å²) in [6, 6.07) is 38.3. The Morgan fingerprint density at radius 2 is 0.771 bits per heavy atom. The third-order valence-electron chi connectivity index (χ3n) is 5.56. The molecule has 0 aliphatic heterocycles. The smallest absolute Gasteiger partial charge is 0.124 e. The van der Waals surface area contributed by atoms with Gasteiger partial charge in [-0.15, -0.1) is 0 Å². The van der Waals surface area contributed by atoms with Crippen LogP contribution in [0.4, 0.5) is 0 Å². The zero-order valence-electron chi connectivity index (χ0n) is 19.0. The number of phenolic OH excluding ortho intramolecular Hbond substituents is 2. The Bertz CT molecular complexity index is 1480. The summed E-state index contributed by atoms with van der Waals surface area (Å²) in [5.41, 5.74) is 4.99. The van der Waals surface area contributed by atoms with Crippen molar-refractivity contribution in [3.8, 4) is 34.0 Å². The second kappa shape index (κ2) is 10.9. The molecule has 0 unspecified atom stereocenters. The van der Waals surface area contributed by atoms with Gasteiger partial charge < -0.3 is 10.2 Å². The van der Waals surface area contributed by atoms with E-state index < -0.39 is 0 Å². The van der Waals surface area contributed by atoms with E-state index in [-0.39, 0.29) is 31.0 Å². The van der Waals surface area contributed by atoms with Crippen molar-refractivity contribution in [2.24, 2.45) is 0 Å². The van der Waals surface area contributed by atoms with E-state index in [4.69, 9.17) is 0 Å². The zero-order chi connectivity index (χ0) is 23.3. The normalized spacial score (nSPS) is 10.3. The summed E-state index contributed by atoms with van der Waals surface area (Å²) in [6.45, 7) is 0. The number of hydrogen-bond acceptors (Lipinski definition) is 4. The molecule has 0 saturated heterocycles. The molecule has 35 heavy (non-hydrogen) atoms. The molecule has 2 N–H and O–H groups in total. The first-order valence-corrected chi connectivity index (χ1v) is 11.0. The first-order valence-electron chi connectivity index (χ1n) is 11.0. The number of benzene rings is 4. The average Bonchev–Trinajstić information content (AvgIpc) is 2.89. The second-order valence-corrected chi connectivity index (χ2v) is 7.81. The van der Waals surface area contributed by atoms with E-state index in [1.807, 2.05) is 97.1 Å². The Hall–Kier alpha value is -4.08. The summed E-state index contributed by atoms with van der Waals surface area (Å²) in [5, 5.41) is 21.8. The molecule has 0 radical (unpaired) electrons. The van der Waals surface area contributed by atoms with E-state index in [0.29, 0.717) is 0 Å². The van der Waals surface area contributed by atoms with Gasteiger partial charge >= 0.3 is 0 Å². The van der Waals surface area contributed by atoms with E-state index in [0.717, 1.165) is 44.3 Å². The maximum Gasteiger partial charge on any atom is 0.124 e. The fourth-order valence-electron chi connectivity index (χ4n) is 3.81. The first-order chi connectivity index (χ1) is 16.7. The van der Waals surface area contributed by atoms with Gasteiger partial charge in [0.1, 0.15) is 11.5 Å². The van der Waals surface area contributed by atoms with Crippen LogP contribution in [0.1, 0.15) is 0 Å². The van der Waals surface area contributed by atoms with Crippen LogP contribution in [0.15, 0.2) is 121 Å². The van der Waals surface area contributed by atoms with Gasteiger partial charge in [-0.1, -0.05) is 72.8 Å². The SMILES string of the molecule is Oc1ccccc1-c1ccc2ccccc2n1.Oc1ccccc1-c1ccc2ccccc2n1.[Zn]. The zero-order valence-corrected chi connectivity index (χ0v) is 22.0. The molecule has 4 nitrogen and oxygen atoms in total. The standard InChI is InChI=1S/2C15H11NO.Zn/c2*17-15-8-4-2-6-12(15)14-10-9-11-5-1-3-7-13(11)16-14;/h2*1-10,17H;. The van der Waals surface area contributed by atoms with Crippen LogP contribution in [0.25, 0.3) is 44.3 Å². The molecule has 0 fully saturated rings. The Balaban J connectivity index is 0.000000160. The molecule has 166 valence electrons. The van der Waals surface area contributed by atoms with Gasteiger partial charge in [0.25, 0.3) is 0 Å². The van der Waals surface area contributed by atoms with Crippen LogP contribution in [0.2, 0.25) is 0 Å². The van der Waals surface area contributed by atoms with Gasteiger partial charge in [0.05, 0.1) is 22.4 Å². The Morgan fingerprint density at radius 1 is 0.400 bits per heavy atom. The third-order valence-corrected chi connectivity index (χ3v) is 5.56. The number of aromatic nitrogens is 2. The molecule has 0 spiro atoms. The summed E-state index contributed by atoms with van der Waals surface area (Å²) in [7, 11) is 0.